The minimum atomic E-state index is -0.524. The first-order chi connectivity index (χ1) is 7.31. The van der Waals surface area contributed by atoms with Crippen molar-refractivity contribution in [1.82, 2.24) is 15.0 Å². The third-order valence-electron chi connectivity index (χ3n) is 2.10. The van der Waals surface area contributed by atoms with Crippen molar-refractivity contribution in [2.45, 2.75) is 6.04 Å². The molecule has 15 heavy (non-hydrogen) atoms. The van der Waals surface area contributed by atoms with Crippen molar-refractivity contribution in [1.29, 1.82) is 0 Å². The zero-order valence-corrected chi connectivity index (χ0v) is 8.09. The van der Waals surface area contributed by atoms with E-state index in [1.165, 1.54) is 0 Å². The average molecular weight is 204 g/mol. The number of hydrogen-bond donors (Lipinski definition) is 3. The van der Waals surface area contributed by atoms with Gasteiger partial charge < -0.3 is 15.8 Å². The van der Waals surface area contributed by atoms with E-state index in [1.54, 1.807) is 12.3 Å². The Bertz CT molecular complexity index is 427. The third kappa shape index (κ3) is 2.03. The number of aromatic nitrogens is 3. The first kappa shape index (κ1) is 9.82. The molecule has 5 heteroatoms. The molecule has 0 radical (unpaired) electrons. The lowest BCUT2D eigenvalue weighted by atomic mass is 10.2. The second-order valence-corrected chi connectivity index (χ2v) is 3.19. The summed E-state index contributed by atoms with van der Waals surface area (Å²) in [5.41, 5.74) is 7.41. The lowest BCUT2D eigenvalue weighted by molar-refractivity contribution is 0.263. The first-order valence-corrected chi connectivity index (χ1v) is 4.64. The number of rotatable bonds is 3. The van der Waals surface area contributed by atoms with Crippen LogP contribution in [-0.4, -0.2) is 26.7 Å². The number of nitrogens with one attached hydrogen (secondary N) is 1. The summed E-state index contributed by atoms with van der Waals surface area (Å²) in [6.07, 6.45) is 5.31. The van der Waals surface area contributed by atoms with Crippen LogP contribution in [0.2, 0.25) is 0 Å². The summed E-state index contributed by atoms with van der Waals surface area (Å²) in [6.45, 7) is -0.156. The molecule has 0 aliphatic heterocycles. The van der Waals surface area contributed by atoms with Gasteiger partial charge >= 0.3 is 0 Å². The maximum absolute atomic E-state index is 8.90. The number of aromatic amines is 1. The quantitative estimate of drug-likeness (QED) is 0.678. The van der Waals surface area contributed by atoms with Crippen molar-refractivity contribution in [2.75, 3.05) is 6.61 Å². The summed E-state index contributed by atoms with van der Waals surface area (Å²) in [4.78, 5) is 11.2. The van der Waals surface area contributed by atoms with Crippen LogP contribution in [0, 0.1) is 0 Å². The third-order valence-corrected chi connectivity index (χ3v) is 2.10. The maximum Gasteiger partial charge on any atom is 0.147 e. The summed E-state index contributed by atoms with van der Waals surface area (Å²) in [5.74, 6) is 0.455. The minimum absolute atomic E-state index is 0.156. The molecular weight excluding hydrogens is 192 g/mol. The van der Waals surface area contributed by atoms with Gasteiger partial charge in [0.1, 0.15) is 5.82 Å². The molecule has 0 amide bonds. The maximum atomic E-state index is 8.90. The van der Waals surface area contributed by atoms with E-state index in [0.717, 1.165) is 11.3 Å². The molecular formula is C10H12N4O. The Morgan fingerprint density at radius 3 is 3.00 bits per heavy atom. The fourth-order valence-corrected chi connectivity index (χ4v) is 1.28. The van der Waals surface area contributed by atoms with Crippen molar-refractivity contribution >= 4 is 0 Å². The standard InChI is InChI=1S/C10H12N4O/c11-8(6-15)10-13-4-2-9(14-10)7-1-3-12-5-7/h1-5,8,12,15H,6,11H2. The number of nitrogens with two attached hydrogens (primary N) is 1. The summed E-state index contributed by atoms with van der Waals surface area (Å²) < 4.78 is 0. The molecule has 0 bridgehead atoms. The van der Waals surface area contributed by atoms with Gasteiger partial charge in [-0.3, -0.25) is 0 Å². The Morgan fingerprint density at radius 2 is 2.33 bits per heavy atom. The normalized spacial score (nSPS) is 12.7. The highest BCUT2D eigenvalue weighted by Crippen LogP contribution is 2.16. The molecule has 0 saturated heterocycles. The fourth-order valence-electron chi connectivity index (χ4n) is 1.28. The predicted octanol–water partition coefficient (Wildman–Crippen LogP) is 0.464. The van der Waals surface area contributed by atoms with Gasteiger partial charge in [-0.1, -0.05) is 0 Å². The molecule has 2 aromatic heterocycles. The number of hydrogen-bond acceptors (Lipinski definition) is 4. The highest BCUT2D eigenvalue weighted by molar-refractivity contribution is 5.57. The summed E-state index contributed by atoms with van der Waals surface area (Å²) in [6, 6.07) is 3.19. The van der Waals surface area contributed by atoms with Gasteiger partial charge in [-0.25, -0.2) is 9.97 Å². The van der Waals surface area contributed by atoms with Crippen molar-refractivity contribution in [3.8, 4) is 11.3 Å². The highest BCUT2D eigenvalue weighted by Gasteiger charge is 2.09. The molecule has 78 valence electrons. The first-order valence-electron chi connectivity index (χ1n) is 4.64. The zero-order valence-electron chi connectivity index (χ0n) is 8.09. The molecule has 5 nitrogen and oxygen atoms in total. The fraction of sp³-hybridized carbons (Fsp3) is 0.200. The SMILES string of the molecule is NC(CO)c1nccc(-c2cc[nH]c2)n1. The molecule has 0 aliphatic rings. The van der Waals surface area contributed by atoms with Gasteiger partial charge in [0.2, 0.25) is 0 Å². The minimum Gasteiger partial charge on any atom is -0.394 e. The van der Waals surface area contributed by atoms with Crippen LogP contribution in [0.1, 0.15) is 11.9 Å². The zero-order chi connectivity index (χ0) is 10.7. The van der Waals surface area contributed by atoms with Crippen molar-refractivity contribution < 1.29 is 5.11 Å². The van der Waals surface area contributed by atoms with Crippen LogP contribution in [0.15, 0.2) is 30.7 Å². The molecule has 4 N–H and O–H groups in total. The monoisotopic (exact) mass is 204 g/mol. The van der Waals surface area contributed by atoms with E-state index in [2.05, 4.69) is 15.0 Å². The molecule has 1 atom stereocenters. The summed E-state index contributed by atoms with van der Waals surface area (Å²) in [5, 5.41) is 8.90. The molecule has 2 heterocycles. The van der Waals surface area contributed by atoms with Crippen molar-refractivity contribution in [2.24, 2.45) is 5.73 Å². The van der Waals surface area contributed by atoms with E-state index in [4.69, 9.17) is 10.8 Å². The molecule has 0 fully saturated rings. The lowest BCUT2D eigenvalue weighted by Gasteiger charge is -2.07. The van der Waals surface area contributed by atoms with E-state index >= 15 is 0 Å². The van der Waals surface area contributed by atoms with Gasteiger partial charge in [0, 0.05) is 24.2 Å². The Hall–Kier alpha value is -1.72. The molecule has 2 aromatic rings. The number of aliphatic hydroxyl groups excluding tert-OH is 1. The Morgan fingerprint density at radius 1 is 1.47 bits per heavy atom. The predicted molar refractivity (Wildman–Crippen MR) is 55.8 cm³/mol. The Kier molecular flexibility index (Phi) is 2.75. The van der Waals surface area contributed by atoms with E-state index in [-0.39, 0.29) is 6.61 Å². The van der Waals surface area contributed by atoms with Crippen LogP contribution in [0.4, 0.5) is 0 Å². The molecule has 1 unspecified atom stereocenters. The smallest absolute Gasteiger partial charge is 0.147 e. The lowest BCUT2D eigenvalue weighted by Crippen LogP contribution is -2.17. The Balaban J connectivity index is 2.35. The second kappa shape index (κ2) is 4.20. The number of H-pyrrole nitrogens is 1. The molecule has 0 spiro atoms. The van der Waals surface area contributed by atoms with Crippen LogP contribution < -0.4 is 5.73 Å². The molecule has 0 saturated carbocycles. The summed E-state index contributed by atoms with van der Waals surface area (Å²) in [7, 11) is 0. The number of nitrogens with zero attached hydrogens (tertiary/aromatic N) is 2. The molecule has 0 aromatic carbocycles. The van der Waals surface area contributed by atoms with Gasteiger partial charge in [-0.05, 0) is 12.1 Å². The van der Waals surface area contributed by atoms with Crippen LogP contribution in [0.25, 0.3) is 11.3 Å². The van der Waals surface area contributed by atoms with Crippen LogP contribution >= 0.6 is 0 Å². The summed E-state index contributed by atoms with van der Waals surface area (Å²) >= 11 is 0. The average Bonchev–Trinajstić information content (AvgIpc) is 2.82. The second-order valence-electron chi connectivity index (χ2n) is 3.19. The van der Waals surface area contributed by atoms with E-state index in [9.17, 15) is 0 Å². The van der Waals surface area contributed by atoms with Crippen LogP contribution in [-0.2, 0) is 0 Å². The van der Waals surface area contributed by atoms with Crippen molar-refractivity contribution in [3.63, 3.8) is 0 Å². The van der Waals surface area contributed by atoms with Gasteiger partial charge in [-0.2, -0.15) is 0 Å². The van der Waals surface area contributed by atoms with E-state index in [1.807, 2.05) is 18.5 Å². The highest BCUT2D eigenvalue weighted by atomic mass is 16.3. The van der Waals surface area contributed by atoms with E-state index in [0.29, 0.717) is 5.82 Å². The molecule has 2 rings (SSSR count). The Labute approximate surface area is 87.0 Å². The van der Waals surface area contributed by atoms with Crippen molar-refractivity contribution in [3.05, 3.63) is 36.5 Å². The number of aliphatic hydroxyl groups is 1. The van der Waals surface area contributed by atoms with Crippen LogP contribution in [0.5, 0.6) is 0 Å². The van der Waals surface area contributed by atoms with Gasteiger partial charge in [0.25, 0.3) is 0 Å². The molecule has 0 aliphatic carbocycles. The van der Waals surface area contributed by atoms with E-state index < -0.39 is 6.04 Å². The largest absolute Gasteiger partial charge is 0.394 e. The van der Waals surface area contributed by atoms with Crippen LogP contribution in [0.3, 0.4) is 0 Å². The van der Waals surface area contributed by atoms with Gasteiger partial charge in [-0.15, -0.1) is 0 Å². The topological polar surface area (TPSA) is 87.8 Å². The van der Waals surface area contributed by atoms with Gasteiger partial charge in [0.05, 0.1) is 18.3 Å². The van der Waals surface area contributed by atoms with Gasteiger partial charge in [0.15, 0.2) is 0 Å².